The van der Waals surface area contributed by atoms with Crippen molar-refractivity contribution in [2.24, 2.45) is 11.3 Å². The summed E-state index contributed by atoms with van der Waals surface area (Å²) in [4.78, 5) is 16.8. The van der Waals surface area contributed by atoms with E-state index in [1.165, 1.54) is 18.4 Å². The maximum atomic E-state index is 12.3. The van der Waals surface area contributed by atoms with Crippen LogP contribution in [0.25, 0.3) is 10.9 Å². The number of hydrogen-bond acceptors (Lipinski definition) is 2. The highest BCUT2D eigenvalue weighted by atomic mass is 16.2. The van der Waals surface area contributed by atoms with E-state index in [1.54, 1.807) is 0 Å². The van der Waals surface area contributed by atoms with Crippen LogP contribution in [0, 0.1) is 11.3 Å². The maximum absolute atomic E-state index is 12.3. The first-order chi connectivity index (χ1) is 10.3. The molecule has 1 aromatic heterocycles. The second-order valence-electron chi connectivity index (χ2n) is 6.45. The molecule has 0 aliphatic heterocycles. The quantitative estimate of drug-likeness (QED) is 0.935. The number of nitrogens with zero attached hydrogens (tertiary/aromatic N) is 1. The summed E-state index contributed by atoms with van der Waals surface area (Å²) >= 11 is 0. The number of carbonyl (C=O) groups is 1. The lowest BCUT2D eigenvalue weighted by Crippen LogP contribution is -2.33. The van der Waals surface area contributed by atoms with Gasteiger partial charge in [-0.15, -0.1) is 0 Å². The minimum atomic E-state index is 0.0248. The fourth-order valence-electron chi connectivity index (χ4n) is 3.98. The highest BCUT2D eigenvalue weighted by Gasteiger charge is 2.61. The number of amides is 1. The van der Waals surface area contributed by atoms with Crippen molar-refractivity contribution in [2.45, 2.75) is 32.1 Å². The van der Waals surface area contributed by atoms with E-state index in [4.69, 9.17) is 0 Å². The summed E-state index contributed by atoms with van der Waals surface area (Å²) in [5, 5.41) is 4.32. The lowest BCUT2D eigenvalue weighted by Gasteiger charge is -2.13. The molecular weight excluding hydrogens is 260 g/mol. The van der Waals surface area contributed by atoms with Gasteiger partial charge in [-0.05, 0) is 43.2 Å². The molecule has 2 aliphatic carbocycles. The first-order valence-electron chi connectivity index (χ1n) is 7.90. The van der Waals surface area contributed by atoms with Crippen LogP contribution in [-0.4, -0.2) is 17.4 Å². The minimum Gasteiger partial charge on any atom is -0.355 e. The third kappa shape index (κ3) is 2.11. The van der Waals surface area contributed by atoms with E-state index in [0.717, 1.165) is 30.2 Å². The molecule has 1 N–H and O–H groups in total. The summed E-state index contributed by atoms with van der Waals surface area (Å²) in [6, 6.07) is 10.3. The number of aromatic nitrogens is 1. The van der Waals surface area contributed by atoms with Gasteiger partial charge in [-0.3, -0.25) is 9.78 Å². The molecule has 0 unspecified atom stereocenters. The smallest absolute Gasteiger partial charge is 0.226 e. The number of carbonyl (C=O) groups excluding carboxylic acids is 1. The summed E-state index contributed by atoms with van der Waals surface area (Å²) in [6.07, 6.45) is 7.37. The van der Waals surface area contributed by atoms with E-state index in [1.807, 2.05) is 12.3 Å². The van der Waals surface area contributed by atoms with Crippen molar-refractivity contribution >= 4 is 16.8 Å². The molecule has 2 aliphatic rings. The number of rotatable bonds is 4. The van der Waals surface area contributed by atoms with E-state index in [0.29, 0.717) is 12.5 Å². The van der Waals surface area contributed by atoms with Crippen molar-refractivity contribution < 1.29 is 4.79 Å². The number of fused-ring (bicyclic) bond motifs is 2. The molecule has 4 rings (SSSR count). The Morgan fingerprint density at radius 2 is 2.24 bits per heavy atom. The Hall–Kier alpha value is -1.90. The van der Waals surface area contributed by atoms with E-state index in [-0.39, 0.29) is 11.3 Å². The summed E-state index contributed by atoms with van der Waals surface area (Å²) in [6.45, 7) is 0.711. The van der Waals surface area contributed by atoms with Crippen LogP contribution in [-0.2, 0) is 11.2 Å². The normalized spacial score (nSPS) is 26.6. The van der Waals surface area contributed by atoms with Gasteiger partial charge in [-0.1, -0.05) is 30.7 Å². The van der Waals surface area contributed by atoms with Crippen molar-refractivity contribution in [2.75, 3.05) is 6.54 Å². The van der Waals surface area contributed by atoms with Crippen molar-refractivity contribution in [1.82, 2.24) is 10.3 Å². The molecule has 2 fully saturated rings. The zero-order valence-corrected chi connectivity index (χ0v) is 12.1. The number of nitrogens with one attached hydrogen (secondary N) is 1. The predicted molar refractivity (Wildman–Crippen MR) is 82.8 cm³/mol. The van der Waals surface area contributed by atoms with Crippen LogP contribution in [0.1, 0.15) is 31.2 Å². The maximum Gasteiger partial charge on any atom is 0.226 e. The van der Waals surface area contributed by atoms with Gasteiger partial charge in [0, 0.05) is 18.1 Å². The second kappa shape index (κ2) is 4.83. The van der Waals surface area contributed by atoms with Gasteiger partial charge in [0.15, 0.2) is 0 Å². The van der Waals surface area contributed by atoms with E-state index in [2.05, 4.69) is 34.6 Å². The fraction of sp³-hybridized carbons (Fsp3) is 0.444. The molecule has 2 aromatic rings. The average molecular weight is 280 g/mol. The molecule has 21 heavy (non-hydrogen) atoms. The molecule has 108 valence electrons. The molecular formula is C18H20N2O. The SMILES string of the molecule is O=C(NCCc1cccc2cccnc12)[C@@]12CCC[C@@H]1C2. The summed E-state index contributed by atoms with van der Waals surface area (Å²) in [7, 11) is 0. The molecule has 1 amide bonds. The molecule has 3 heteroatoms. The molecule has 1 heterocycles. The Morgan fingerprint density at radius 1 is 1.33 bits per heavy atom. The molecule has 0 saturated heterocycles. The lowest BCUT2D eigenvalue weighted by molar-refractivity contribution is -0.126. The van der Waals surface area contributed by atoms with Crippen LogP contribution in [0.4, 0.5) is 0 Å². The Kier molecular flexibility index (Phi) is 2.95. The van der Waals surface area contributed by atoms with Crippen LogP contribution in [0.15, 0.2) is 36.5 Å². The third-order valence-electron chi connectivity index (χ3n) is 5.26. The fourth-order valence-corrected chi connectivity index (χ4v) is 3.98. The molecule has 1 aromatic carbocycles. The highest BCUT2D eigenvalue weighted by molar-refractivity contribution is 5.86. The van der Waals surface area contributed by atoms with Crippen molar-refractivity contribution in [3.63, 3.8) is 0 Å². The van der Waals surface area contributed by atoms with E-state index in [9.17, 15) is 4.79 Å². The highest BCUT2D eigenvalue weighted by Crippen LogP contribution is 2.63. The number of para-hydroxylation sites is 1. The Bertz CT molecular complexity index is 691. The Balaban J connectivity index is 1.41. The van der Waals surface area contributed by atoms with Crippen molar-refractivity contribution in [1.29, 1.82) is 0 Å². The van der Waals surface area contributed by atoms with E-state index < -0.39 is 0 Å². The van der Waals surface area contributed by atoms with Gasteiger partial charge in [0.2, 0.25) is 5.91 Å². The predicted octanol–water partition coefficient (Wildman–Crippen LogP) is 3.08. The standard InChI is InChI=1S/C18H20N2O/c21-17(18-9-2-7-15(18)12-18)20-11-8-14-5-1-4-13-6-3-10-19-16(13)14/h1,3-6,10,15H,2,7-9,11-12H2,(H,20,21)/t15-,18-/m1/s1. The summed E-state index contributed by atoms with van der Waals surface area (Å²) < 4.78 is 0. The Labute approximate surface area is 124 Å². The Morgan fingerprint density at radius 3 is 3.05 bits per heavy atom. The second-order valence-corrected chi connectivity index (χ2v) is 6.45. The molecule has 0 bridgehead atoms. The molecule has 2 saturated carbocycles. The van der Waals surface area contributed by atoms with E-state index >= 15 is 0 Å². The first kappa shape index (κ1) is 12.8. The van der Waals surface area contributed by atoms with Gasteiger partial charge in [-0.25, -0.2) is 0 Å². The zero-order valence-electron chi connectivity index (χ0n) is 12.1. The van der Waals surface area contributed by atoms with Crippen LogP contribution in [0.2, 0.25) is 0 Å². The minimum absolute atomic E-state index is 0.0248. The average Bonchev–Trinajstić information content (AvgIpc) is 3.09. The van der Waals surface area contributed by atoms with Gasteiger partial charge < -0.3 is 5.32 Å². The van der Waals surface area contributed by atoms with Gasteiger partial charge >= 0.3 is 0 Å². The summed E-state index contributed by atoms with van der Waals surface area (Å²) in [5.74, 6) is 0.968. The van der Waals surface area contributed by atoms with Crippen LogP contribution in [0.3, 0.4) is 0 Å². The van der Waals surface area contributed by atoms with Gasteiger partial charge in [0.25, 0.3) is 0 Å². The molecule has 0 radical (unpaired) electrons. The molecule has 2 atom stereocenters. The topological polar surface area (TPSA) is 42.0 Å². The number of hydrogen-bond donors (Lipinski definition) is 1. The lowest BCUT2D eigenvalue weighted by atomic mass is 10.0. The van der Waals surface area contributed by atoms with Crippen LogP contribution < -0.4 is 5.32 Å². The summed E-state index contributed by atoms with van der Waals surface area (Å²) in [5.41, 5.74) is 2.29. The first-order valence-corrected chi connectivity index (χ1v) is 7.90. The number of pyridine rings is 1. The molecule has 0 spiro atoms. The van der Waals surface area contributed by atoms with Crippen molar-refractivity contribution in [3.8, 4) is 0 Å². The van der Waals surface area contributed by atoms with Gasteiger partial charge in [-0.2, -0.15) is 0 Å². The zero-order chi connectivity index (χ0) is 14.3. The molecule has 3 nitrogen and oxygen atoms in total. The monoisotopic (exact) mass is 280 g/mol. The third-order valence-corrected chi connectivity index (χ3v) is 5.26. The van der Waals surface area contributed by atoms with Crippen LogP contribution >= 0.6 is 0 Å². The van der Waals surface area contributed by atoms with Gasteiger partial charge in [0.05, 0.1) is 10.9 Å². The largest absolute Gasteiger partial charge is 0.355 e. The van der Waals surface area contributed by atoms with Crippen LogP contribution in [0.5, 0.6) is 0 Å². The van der Waals surface area contributed by atoms with Gasteiger partial charge in [0.1, 0.15) is 0 Å². The van der Waals surface area contributed by atoms with Crippen molar-refractivity contribution in [3.05, 3.63) is 42.1 Å². The number of benzene rings is 1.